The maximum atomic E-state index is 10.7. The van der Waals surface area contributed by atoms with E-state index in [1.165, 1.54) is 0 Å². The number of carboxylic acid groups (broad SMARTS) is 1. The summed E-state index contributed by atoms with van der Waals surface area (Å²) in [5.74, 6) is -0.840. The van der Waals surface area contributed by atoms with Crippen LogP contribution < -0.4 is 0 Å². The molecule has 1 aromatic carbocycles. The maximum absolute atomic E-state index is 10.7. The van der Waals surface area contributed by atoms with Gasteiger partial charge in [0.15, 0.2) is 0 Å². The van der Waals surface area contributed by atoms with Crippen LogP contribution in [0.4, 0.5) is 0 Å². The van der Waals surface area contributed by atoms with Crippen LogP contribution in [0.1, 0.15) is 17.5 Å². The fourth-order valence-electron chi connectivity index (χ4n) is 1.73. The van der Waals surface area contributed by atoms with Crippen molar-refractivity contribution in [1.82, 2.24) is 4.98 Å². The lowest BCUT2D eigenvalue weighted by atomic mass is 9.98. The van der Waals surface area contributed by atoms with E-state index in [0.29, 0.717) is 0 Å². The van der Waals surface area contributed by atoms with Gasteiger partial charge in [-0.1, -0.05) is 42.5 Å². The van der Waals surface area contributed by atoms with Crippen molar-refractivity contribution in [2.24, 2.45) is 0 Å². The minimum atomic E-state index is -0.840. The highest BCUT2D eigenvalue weighted by Crippen LogP contribution is 2.22. The molecule has 0 aliphatic rings. The summed E-state index contributed by atoms with van der Waals surface area (Å²) >= 11 is 0. The Hall–Kier alpha value is -2.42. The number of rotatable bonds is 4. The van der Waals surface area contributed by atoms with Gasteiger partial charge in [-0.15, -0.1) is 0 Å². The molecule has 0 atom stereocenters. The third-order valence-corrected chi connectivity index (χ3v) is 2.54. The Morgan fingerprint density at radius 1 is 1.11 bits per heavy atom. The minimum Gasteiger partial charge on any atom is -0.481 e. The summed E-state index contributed by atoms with van der Waals surface area (Å²) in [5.41, 5.74) is 2.81. The van der Waals surface area contributed by atoms with Crippen LogP contribution in [0.2, 0.25) is 0 Å². The minimum absolute atomic E-state index is 0.000871. The molecule has 0 aliphatic carbocycles. The molecular formula is C15H13NO2. The van der Waals surface area contributed by atoms with Crippen LogP contribution in [0.25, 0.3) is 5.57 Å². The van der Waals surface area contributed by atoms with Crippen molar-refractivity contribution in [2.75, 3.05) is 0 Å². The highest BCUT2D eigenvalue weighted by atomic mass is 16.4. The van der Waals surface area contributed by atoms with Crippen molar-refractivity contribution in [3.63, 3.8) is 0 Å². The predicted molar refractivity (Wildman–Crippen MR) is 70.0 cm³/mol. The molecule has 0 unspecified atom stereocenters. The molecule has 2 rings (SSSR count). The Kier molecular flexibility index (Phi) is 3.86. The smallest absolute Gasteiger partial charge is 0.307 e. The molecule has 0 saturated carbocycles. The summed E-state index contributed by atoms with van der Waals surface area (Å²) < 4.78 is 0. The maximum Gasteiger partial charge on any atom is 0.307 e. The molecule has 2 aromatic rings. The number of benzene rings is 1. The Bertz CT molecular complexity index is 506. The SMILES string of the molecule is O=C(O)C/C=C(\c1ccccc1)c1cccnc1. The van der Waals surface area contributed by atoms with Gasteiger partial charge >= 0.3 is 5.97 Å². The monoisotopic (exact) mass is 239 g/mol. The summed E-state index contributed by atoms with van der Waals surface area (Å²) in [6.45, 7) is 0. The van der Waals surface area contributed by atoms with Gasteiger partial charge in [-0.05, 0) is 17.2 Å². The Morgan fingerprint density at radius 3 is 2.44 bits per heavy atom. The zero-order valence-electron chi connectivity index (χ0n) is 9.78. The molecule has 1 heterocycles. The van der Waals surface area contributed by atoms with Crippen molar-refractivity contribution in [2.45, 2.75) is 6.42 Å². The van der Waals surface area contributed by atoms with Gasteiger partial charge in [-0.2, -0.15) is 0 Å². The standard InChI is InChI=1S/C15H13NO2/c17-15(18)9-8-14(12-5-2-1-3-6-12)13-7-4-10-16-11-13/h1-8,10-11H,9H2,(H,17,18)/b14-8+. The van der Waals surface area contributed by atoms with E-state index in [-0.39, 0.29) is 6.42 Å². The average Bonchev–Trinajstić information content (AvgIpc) is 2.41. The van der Waals surface area contributed by atoms with Crippen LogP contribution in [-0.2, 0) is 4.79 Å². The summed E-state index contributed by atoms with van der Waals surface area (Å²) in [4.78, 5) is 14.8. The van der Waals surface area contributed by atoms with Gasteiger partial charge in [0.25, 0.3) is 0 Å². The molecule has 18 heavy (non-hydrogen) atoms. The summed E-state index contributed by atoms with van der Waals surface area (Å²) in [7, 11) is 0. The van der Waals surface area contributed by atoms with Crippen molar-refractivity contribution in [3.05, 3.63) is 72.1 Å². The Morgan fingerprint density at radius 2 is 1.83 bits per heavy atom. The van der Waals surface area contributed by atoms with E-state index in [1.54, 1.807) is 18.5 Å². The van der Waals surface area contributed by atoms with Crippen molar-refractivity contribution in [1.29, 1.82) is 0 Å². The van der Waals surface area contributed by atoms with E-state index < -0.39 is 5.97 Å². The number of pyridine rings is 1. The molecule has 0 radical (unpaired) electrons. The molecule has 0 aliphatic heterocycles. The molecule has 0 spiro atoms. The third-order valence-electron chi connectivity index (χ3n) is 2.54. The van der Waals surface area contributed by atoms with E-state index in [2.05, 4.69) is 4.98 Å². The van der Waals surface area contributed by atoms with E-state index in [4.69, 9.17) is 5.11 Å². The van der Waals surface area contributed by atoms with Gasteiger partial charge in [0, 0.05) is 18.0 Å². The molecule has 1 aromatic heterocycles. The molecule has 90 valence electrons. The highest BCUT2D eigenvalue weighted by Gasteiger charge is 2.05. The lowest BCUT2D eigenvalue weighted by molar-refractivity contribution is -0.135. The normalized spacial score (nSPS) is 11.2. The van der Waals surface area contributed by atoms with Crippen LogP contribution in [0.15, 0.2) is 60.9 Å². The second-order valence-electron chi connectivity index (χ2n) is 3.82. The van der Waals surface area contributed by atoms with Crippen LogP contribution >= 0.6 is 0 Å². The first-order valence-corrected chi connectivity index (χ1v) is 5.65. The lowest BCUT2D eigenvalue weighted by Crippen LogP contribution is -1.94. The predicted octanol–water partition coefficient (Wildman–Crippen LogP) is 2.99. The van der Waals surface area contributed by atoms with Gasteiger partial charge in [0.05, 0.1) is 6.42 Å². The van der Waals surface area contributed by atoms with E-state index in [9.17, 15) is 4.79 Å². The van der Waals surface area contributed by atoms with Gasteiger partial charge in [-0.3, -0.25) is 9.78 Å². The number of aliphatic carboxylic acids is 1. The van der Waals surface area contributed by atoms with Crippen molar-refractivity contribution in [3.8, 4) is 0 Å². The highest BCUT2D eigenvalue weighted by molar-refractivity contribution is 5.82. The van der Waals surface area contributed by atoms with Crippen molar-refractivity contribution < 1.29 is 9.90 Å². The molecule has 0 saturated heterocycles. The molecule has 0 fully saturated rings. The van der Waals surface area contributed by atoms with E-state index in [1.807, 2.05) is 42.5 Å². The van der Waals surface area contributed by atoms with Gasteiger partial charge in [0.1, 0.15) is 0 Å². The molecule has 0 amide bonds. The number of hydrogen-bond donors (Lipinski definition) is 1. The topological polar surface area (TPSA) is 50.2 Å². The van der Waals surface area contributed by atoms with E-state index >= 15 is 0 Å². The first-order valence-electron chi connectivity index (χ1n) is 5.65. The average molecular weight is 239 g/mol. The number of carboxylic acids is 1. The van der Waals surface area contributed by atoms with E-state index in [0.717, 1.165) is 16.7 Å². The van der Waals surface area contributed by atoms with Crippen LogP contribution in [0, 0.1) is 0 Å². The van der Waals surface area contributed by atoms with Crippen LogP contribution in [0.3, 0.4) is 0 Å². The Labute approximate surface area is 105 Å². The third kappa shape index (κ3) is 3.04. The Balaban J connectivity index is 2.42. The zero-order valence-corrected chi connectivity index (χ0v) is 9.78. The number of aromatic nitrogens is 1. The van der Waals surface area contributed by atoms with Gasteiger partial charge < -0.3 is 5.11 Å². The zero-order chi connectivity index (χ0) is 12.8. The van der Waals surface area contributed by atoms with Crippen LogP contribution in [-0.4, -0.2) is 16.1 Å². The lowest BCUT2D eigenvalue weighted by Gasteiger charge is -2.07. The fraction of sp³-hybridized carbons (Fsp3) is 0.0667. The van der Waals surface area contributed by atoms with Crippen LogP contribution in [0.5, 0.6) is 0 Å². The molecule has 3 nitrogen and oxygen atoms in total. The van der Waals surface area contributed by atoms with Gasteiger partial charge in [0.2, 0.25) is 0 Å². The van der Waals surface area contributed by atoms with Gasteiger partial charge in [-0.25, -0.2) is 0 Å². The summed E-state index contributed by atoms with van der Waals surface area (Å²) in [5, 5.41) is 8.80. The number of nitrogens with zero attached hydrogens (tertiary/aromatic N) is 1. The fourth-order valence-corrected chi connectivity index (χ4v) is 1.73. The van der Waals surface area contributed by atoms with Crippen molar-refractivity contribution >= 4 is 11.5 Å². The first kappa shape index (κ1) is 12.0. The number of hydrogen-bond acceptors (Lipinski definition) is 2. The second kappa shape index (κ2) is 5.77. The largest absolute Gasteiger partial charge is 0.481 e. The molecule has 3 heteroatoms. The molecule has 1 N–H and O–H groups in total. The summed E-state index contributed by atoms with van der Waals surface area (Å²) in [6.07, 6.45) is 5.15. The first-order chi connectivity index (χ1) is 8.77. The molecular weight excluding hydrogens is 226 g/mol. The quantitative estimate of drug-likeness (QED) is 0.892. The number of carbonyl (C=O) groups is 1. The molecule has 0 bridgehead atoms. The summed E-state index contributed by atoms with van der Waals surface area (Å²) in [6, 6.07) is 13.5. The second-order valence-corrected chi connectivity index (χ2v) is 3.82.